The van der Waals surface area contributed by atoms with Gasteiger partial charge in [0.2, 0.25) is 0 Å². The Morgan fingerprint density at radius 1 is 1.56 bits per heavy atom. The van der Waals surface area contributed by atoms with E-state index in [0.717, 1.165) is 13.1 Å². The molecule has 0 N–H and O–H groups in total. The van der Waals surface area contributed by atoms with Crippen LogP contribution in [0.2, 0.25) is 0 Å². The second-order valence-corrected chi connectivity index (χ2v) is 2.00. The van der Waals surface area contributed by atoms with E-state index in [-0.39, 0.29) is 32.7 Å². The topological polar surface area (TPSA) is 3.24 Å². The predicted molar refractivity (Wildman–Crippen MR) is 37.4 cm³/mol. The predicted octanol–water partition coefficient (Wildman–Crippen LogP) is 1.36. The van der Waals surface area contributed by atoms with Crippen molar-refractivity contribution in [1.29, 1.82) is 0 Å². The van der Waals surface area contributed by atoms with E-state index >= 15 is 0 Å². The van der Waals surface area contributed by atoms with Crippen molar-refractivity contribution in [2.75, 3.05) is 20.1 Å². The van der Waals surface area contributed by atoms with E-state index in [2.05, 4.69) is 32.2 Å². The molecule has 0 saturated heterocycles. The quantitative estimate of drug-likeness (QED) is 0.622. The van der Waals surface area contributed by atoms with E-state index in [1.807, 2.05) is 0 Å². The zero-order valence-electron chi connectivity index (χ0n) is 6.43. The normalized spacial score (nSPS) is 9.33. The Balaban J connectivity index is 0. The molecule has 0 aliphatic carbocycles. The van der Waals surface area contributed by atoms with Crippen LogP contribution < -0.4 is 0 Å². The molecule has 0 aromatic rings. The molecule has 0 spiro atoms. The van der Waals surface area contributed by atoms with Gasteiger partial charge >= 0.3 is 0 Å². The Labute approximate surface area is 84.1 Å². The third kappa shape index (κ3) is 9.06. The summed E-state index contributed by atoms with van der Waals surface area (Å²) in [6.07, 6.45) is 3.35. The zero-order valence-corrected chi connectivity index (χ0v) is 9.27. The standard InChI is InChI=1S/C7H15N.Y/c1-4-6-7-8(3)5-2;/h4H,2,5-7H2,1,3H3;/q-2;. The molecule has 0 aliphatic heterocycles. The maximum absolute atomic E-state index is 3.75. The van der Waals surface area contributed by atoms with Crippen molar-refractivity contribution in [2.45, 2.75) is 13.3 Å². The first-order chi connectivity index (χ1) is 3.81. The maximum Gasteiger partial charge on any atom is 0 e. The summed E-state index contributed by atoms with van der Waals surface area (Å²) in [5.41, 5.74) is 0. The number of hydrogen-bond donors (Lipinski definition) is 0. The number of nitrogens with zero attached hydrogens (tertiary/aromatic N) is 1. The van der Waals surface area contributed by atoms with Gasteiger partial charge < -0.3 is 18.2 Å². The largest absolute Gasteiger partial charge is 0.338 e. The van der Waals surface area contributed by atoms with Gasteiger partial charge in [-0.3, -0.25) is 0 Å². The van der Waals surface area contributed by atoms with Gasteiger partial charge in [0.05, 0.1) is 0 Å². The zero-order chi connectivity index (χ0) is 6.41. The molecule has 1 radical (unpaired) electrons. The Morgan fingerprint density at radius 3 is 2.44 bits per heavy atom. The van der Waals surface area contributed by atoms with Gasteiger partial charge in [0, 0.05) is 32.7 Å². The van der Waals surface area contributed by atoms with Crippen molar-refractivity contribution in [3.8, 4) is 0 Å². The minimum atomic E-state index is 0. The molecule has 0 saturated carbocycles. The summed E-state index contributed by atoms with van der Waals surface area (Å²) < 4.78 is 0. The van der Waals surface area contributed by atoms with Crippen LogP contribution >= 0.6 is 0 Å². The molecule has 0 bridgehead atoms. The van der Waals surface area contributed by atoms with Crippen LogP contribution in [0.5, 0.6) is 0 Å². The Morgan fingerprint density at radius 2 is 2.11 bits per heavy atom. The second-order valence-electron chi connectivity index (χ2n) is 2.00. The van der Waals surface area contributed by atoms with Crippen LogP contribution in [-0.4, -0.2) is 25.0 Å². The summed E-state index contributed by atoms with van der Waals surface area (Å²) in [4.78, 5) is 2.19. The molecule has 0 aromatic carbocycles. The van der Waals surface area contributed by atoms with Crippen molar-refractivity contribution < 1.29 is 32.7 Å². The number of unbranched alkanes of at least 4 members (excludes halogenated alkanes) is 1. The van der Waals surface area contributed by atoms with Crippen molar-refractivity contribution in [3.05, 3.63) is 13.3 Å². The van der Waals surface area contributed by atoms with Crippen LogP contribution in [0.3, 0.4) is 0 Å². The molecule has 53 valence electrons. The number of hydrogen-bond acceptors (Lipinski definition) is 1. The summed E-state index contributed by atoms with van der Waals surface area (Å²) in [7, 11) is 2.08. The molecule has 0 aliphatic rings. The van der Waals surface area contributed by atoms with Crippen molar-refractivity contribution in [3.63, 3.8) is 0 Å². The van der Waals surface area contributed by atoms with Crippen molar-refractivity contribution in [1.82, 2.24) is 4.90 Å². The summed E-state index contributed by atoms with van der Waals surface area (Å²) in [6, 6.07) is 0. The average Bonchev–Trinajstić information content (AvgIpc) is 1.83. The summed E-state index contributed by atoms with van der Waals surface area (Å²) in [6.45, 7) is 7.88. The van der Waals surface area contributed by atoms with Crippen LogP contribution in [0.4, 0.5) is 0 Å². The molecular formula is C7H15NY-2. The van der Waals surface area contributed by atoms with Crippen LogP contribution in [0.25, 0.3) is 0 Å². The fourth-order valence-electron chi connectivity index (χ4n) is 0.461. The first kappa shape index (κ1) is 12.7. The van der Waals surface area contributed by atoms with Crippen LogP contribution in [0.1, 0.15) is 13.3 Å². The molecule has 0 fully saturated rings. The maximum atomic E-state index is 3.75. The third-order valence-electron chi connectivity index (χ3n) is 1.18. The molecule has 0 aromatic heterocycles. The summed E-state index contributed by atoms with van der Waals surface area (Å²) in [5.74, 6) is 0. The molecule has 0 atom stereocenters. The fraction of sp³-hybridized carbons (Fsp3) is 0.714. The minimum Gasteiger partial charge on any atom is -0.338 e. The van der Waals surface area contributed by atoms with E-state index in [4.69, 9.17) is 0 Å². The minimum absolute atomic E-state index is 0. The monoisotopic (exact) mass is 202 g/mol. The first-order valence-electron chi connectivity index (χ1n) is 3.07. The molecular weight excluding hydrogens is 187 g/mol. The van der Waals surface area contributed by atoms with E-state index in [9.17, 15) is 0 Å². The smallest absolute Gasteiger partial charge is 0 e. The molecule has 2 heteroatoms. The van der Waals surface area contributed by atoms with Crippen LogP contribution in [-0.2, 0) is 32.7 Å². The van der Waals surface area contributed by atoms with E-state index in [0.29, 0.717) is 0 Å². The van der Waals surface area contributed by atoms with E-state index < -0.39 is 0 Å². The molecule has 1 nitrogen and oxygen atoms in total. The average molecular weight is 202 g/mol. The third-order valence-corrected chi connectivity index (χ3v) is 1.18. The Hall–Kier alpha value is 1.06. The van der Waals surface area contributed by atoms with Gasteiger partial charge in [-0.05, 0) is 13.6 Å². The van der Waals surface area contributed by atoms with Gasteiger partial charge in [-0.2, -0.15) is 13.3 Å². The van der Waals surface area contributed by atoms with Gasteiger partial charge in [-0.1, -0.05) is 0 Å². The molecule has 9 heavy (non-hydrogen) atoms. The first-order valence-corrected chi connectivity index (χ1v) is 3.07. The van der Waals surface area contributed by atoms with Crippen molar-refractivity contribution in [2.24, 2.45) is 0 Å². The molecule has 0 heterocycles. The van der Waals surface area contributed by atoms with Crippen LogP contribution in [0.15, 0.2) is 0 Å². The summed E-state index contributed by atoms with van der Waals surface area (Å²) in [5, 5.41) is 0. The van der Waals surface area contributed by atoms with Crippen molar-refractivity contribution >= 4 is 0 Å². The molecule has 0 amide bonds. The Kier molecular flexibility index (Phi) is 12.8. The van der Waals surface area contributed by atoms with Gasteiger partial charge in [-0.25, -0.2) is 0 Å². The van der Waals surface area contributed by atoms with Gasteiger partial charge in [0.1, 0.15) is 0 Å². The van der Waals surface area contributed by atoms with E-state index in [1.54, 1.807) is 0 Å². The second kappa shape index (κ2) is 9.06. The number of rotatable bonds is 4. The summed E-state index contributed by atoms with van der Waals surface area (Å²) >= 11 is 0. The van der Waals surface area contributed by atoms with Gasteiger partial charge in [-0.15, -0.1) is 6.54 Å². The van der Waals surface area contributed by atoms with Crippen LogP contribution in [0, 0.1) is 13.3 Å². The Bertz CT molecular complexity index is 48.2. The van der Waals surface area contributed by atoms with Gasteiger partial charge in [0.25, 0.3) is 0 Å². The molecule has 0 rings (SSSR count). The molecule has 0 unspecified atom stereocenters. The SMILES string of the molecule is [CH2-]CN(C)CC[CH-]C.[Y]. The van der Waals surface area contributed by atoms with Gasteiger partial charge in [0.15, 0.2) is 0 Å². The fourth-order valence-corrected chi connectivity index (χ4v) is 0.461. The van der Waals surface area contributed by atoms with E-state index in [1.165, 1.54) is 6.42 Å².